The fourth-order valence-electron chi connectivity index (χ4n) is 2.71. The number of hydrogen-bond donors (Lipinski definition) is 1. The highest BCUT2D eigenvalue weighted by atomic mass is 79.9. The minimum Gasteiger partial charge on any atom is -0.312 e. The molecular formula is C18H18BrNS. The zero-order chi connectivity index (χ0) is 14.8. The van der Waals surface area contributed by atoms with Crippen LogP contribution in [-0.4, -0.2) is 7.05 Å². The molecule has 0 saturated heterocycles. The molecule has 0 aliphatic carbocycles. The second kappa shape index (κ2) is 6.30. The molecule has 0 saturated carbocycles. The molecule has 1 atom stereocenters. The topological polar surface area (TPSA) is 12.0 Å². The molecule has 1 unspecified atom stereocenters. The van der Waals surface area contributed by atoms with Gasteiger partial charge in [-0.15, -0.1) is 11.3 Å². The molecule has 0 amide bonds. The average Bonchev–Trinajstić information content (AvgIpc) is 2.99. The Hall–Kier alpha value is -1.16. The number of nitrogens with one attached hydrogen (secondary N) is 1. The van der Waals surface area contributed by atoms with Crippen LogP contribution < -0.4 is 5.32 Å². The molecule has 3 aromatic rings. The van der Waals surface area contributed by atoms with E-state index in [0.29, 0.717) is 6.04 Å². The highest BCUT2D eigenvalue weighted by Crippen LogP contribution is 2.38. The molecule has 3 heteroatoms. The Morgan fingerprint density at radius 2 is 1.81 bits per heavy atom. The number of hydrogen-bond acceptors (Lipinski definition) is 2. The van der Waals surface area contributed by atoms with E-state index < -0.39 is 0 Å². The molecule has 0 aliphatic heterocycles. The van der Waals surface area contributed by atoms with Crippen LogP contribution >= 0.6 is 27.3 Å². The Morgan fingerprint density at radius 3 is 2.52 bits per heavy atom. The Labute approximate surface area is 138 Å². The third kappa shape index (κ3) is 2.78. The summed E-state index contributed by atoms with van der Waals surface area (Å²) in [6.45, 7) is 2.22. The molecular weight excluding hydrogens is 342 g/mol. The van der Waals surface area contributed by atoms with E-state index in [-0.39, 0.29) is 0 Å². The molecule has 0 bridgehead atoms. The minimum absolute atomic E-state index is 0.450. The van der Waals surface area contributed by atoms with Crippen LogP contribution in [0.15, 0.2) is 53.0 Å². The first-order chi connectivity index (χ1) is 10.2. The molecule has 2 aromatic carbocycles. The molecule has 108 valence electrons. The van der Waals surface area contributed by atoms with Gasteiger partial charge in [0.1, 0.15) is 0 Å². The Kier molecular flexibility index (Phi) is 4.43. The van der Waals surface area contributed by atoms with Gasteiger partial charge in [0.15, 0.2) is 0 Å². The van der Waals surface area contributed by atoms with Crippen molar-refractivity contribution < 1.29 is 0 Å². The quantitative estimate of drug-likeness (QED) is 0.602. The minimum atomic E-state index is 0.450. The first-order valence-corrected chi connectivity index (χ1v) is 8.80. The van der Waals surface area contributed by atoms with E-state index in [9.17, 15) is 0 Å². The second-order valence-electron chi connectivity index (χ2n) is 5.09. The monoisotopic (exact) mass is 359 g/mol. The third-order valence-electron chi connectivity index (χ3n) is 3.86. The van der Waals surface area contributed by atoms with Crippen molar-refractivity contribution in [2.24, 2.45) is 0 Å². The van der Waals surface area contributed by atoms with Crippen LogP contribution in [0.5, 0.6) is 0 Å². The van der Waals surface area contributed by atoms with Crippen molar-refractivity contribution in [2.45, 2.75) is 19.4 Å². The zero-order valence-electron chi connectivity index (χ0n) is 12.2. The predicted octanol–water partition coefficient (Wildman–Crippen LogP) is 6.00. The highest BCUT2D eigenvalue weighted by molar-refractivity contribution is 9.10. The molecule has 1 N–H and O–H groups in total. The number of fused-ring (bicyclic) bond motifs is 1. The summed E-state index contributed by atoms with van der Waals surface area (Å²) in [4.78, 5) is 2.74. The van der Waals surface area contributed by atoms with Crippen LogP contribution in [0.2, 0.25) is 0 Å². The van der Waals surface area contributed by atoms with Gasteiger partial charge in [0, 0.05) is 20.3 Å². The van der Waals surface area contributed by atoms with Gasteiger partial charge in [-0.1, -0.05) is 53.2 Å². The van der Waals surface area contributed by atoms with Crippen molar-refractivity contribution in [1.82, 2.24) is 5.32 Å². The van der Waals surface area contributed by atoms with Gasteiger partial charge in [0.2, 0.25) is 0 Å². The number of thiophene rings is 1. The summed E-state index contributed by atoms with van der Waals surface area (Å²) in [7, 11) is 2.03. The van der Waals surface area contributed by atoms with E-state index in [1.807, 2.05) is 18.4 Å². The van der Waals surface area contributed by atoms with Crippen LogP contribution in [0.4, 0.5) is 0 Å². The van der Waals surface area contributed by atoms with Gasteiger partial charge in [-0.2, -0.15) is 0 Å². The van der Waals surface area contributed by atoms with E-state index in [0.717, 1.165) is 10.9 Å². The lowest BCUT2D eigenvalue weighted by Crippen LogP contribution is -2.13. The van der Waals surface area contributed by atoms with Gasteiger partial charge in [-0.3, -0.25) is 0 Å². The molecule has 1 heterocycles. The lowest BCUT2D eigenvalue weighted by molar-refractivity contribution is 0.586. The van der Waals surface area contributed by atoms with Crippen molar-refractivity contribution in [3.05, 3.63) is 57.9 Å². The summed E-state index contributed by atoms with van der Waals surface area (Å²) in [5.74, 6) is 0. The predicted molar refractivity (Wildman–Crippen MR) is 97.1 cm³/mol. The molecule has 3 rings (SSSR count). The molecule has 0 aliphatic rings. The smallest absolute Gasteiger partial charge is 0.0409 e. The molecule has 1 nitrogen and oxygen atoms in total. The van der Waals surface area contributed by atoms with Crippen LogP contribution in [0.3, 0.4) is 0 Å². The van der Waals surface area contributed by atoms with Gasteiger partial charge < -0.3 is 5.32 Å². The maximum absolute atomic E-state index is 3.65. The lowest BCUT2D eigenvalue weighted by Gasteiger charge is -2.11. The number of benzene rings is 2. The summed E-state index contributed by atoms with van der Waals surface area (Å²) in [5, 5.41) is 5.95. The summed E-state index contributed by atoms with van der Waals surface area (Å²) >= 11 is 5.53. The Balaban J connectivity index is 2.11. The normalized spacial score (nSPS) is 12.7. The fraction of sp³-hybridized carbons (Fsp3) is 0.222. The summed E-state index contributed by atoms with van der Waals surface area (Å²) in [6, 6.07) is 17.9. The third-order valence-corrected chi connectivity index (χ3v) is 5.79. The van der Waals surface area contributed by atoms with Gasteiger partial charge in [-0.05, 0) is 48.0 Å². The molecule has 0 spiro atoms. The fourth-order valence-corrected chi connectivity index (χ4v) is 4.43. The standard InChI is InChI=1S/C18H18BrNS/c1-3-16(20-2)18-11-10-17(21-18)14-8-9-15(19)13-7-5-4-6-12(13)14/h4-11,16,20H,3H2,1-2H3. The van der Waals surface area contributed by atoms with Crippen molar-refractivity contribution >= 4 is 38.0 Å². The van der Waals surface area contributed by atoms with E-state index >= 15 is 0 Å². The largest absolute Gasteiger partial charge is 0.312 e. The average molecular weight is 360 g/mol. The second-order valence-corrected chi connectivity index (χ2v) is 7.06. The van der Waals surface area contributed by atoms with Crippen LogP contribution in [0.25, 0.3) is 21.2 Å². The van der Waals surface area contributed by atoms with Crippen LogP contribution in [-0.2, 0) is 0 Å². The van der Waals surface area contributed by atoms with Gasteiger partial charge in [0.05, 0.1) is 0 Å². The number of halogens is 1. The lowest BCUT2D eigenvalue weighted by atomic mass is 10.0. The first kappa shape index (κ1) is 14.8. The molecule has 0 fully saturated rings. The van der Waals surface area contributed by atoms with Gasteiger partial charge in [-0.25, -0.2) is 0 Å². The van der Waals surface area contributed by atoms with E-state index in [2.05, 4.69) is 76.7 Å². The SMILES string of the molecule is CCC(NC)c1ccc(-c2ccc(Br)c3ccccc23)s1. The Morgan fingerprint density at radius 1 is 1.05 bits per heavy atom. The van der Waals surface area contributed by atoms with Gasteiger partial charge in [0.25, 0.3) is 0 Å². The first-order valence-electron chi connectivity index (χ1n) is 7.19. The van der Waals surface area contributed by atoms with E-state index in [1.165, 1.54) is 26.1 Å². The van der Waals surface area contributed by atoms with Crippen molar-refractivity contribution in [1.29, 1.82) is 0 Å². The molecule has 21 heavy (non-hydrogen) atoms. The van der Waals surface area contributed by atoms with Crippen LogP contribution in [0, 0.1) is 0 Å². The van der Waals surface area contributed by atoms with Crippen molar-refractivity contribution in [3.8, 4) is 10.4 Å². The zero-order valence-corrected chi connectivity index (χ0v) is 14.6. The maximum atomic E-state index is 3.65. The van der Waals surface area contributed by atoms with E-state index in [4.69, 9.17) is 0 Å². The number of rotatable bonds is 4. The summed E-state index contributed by atoms with van der Waals surface area (Å²) in [6.07, 6.45) is 1.11. The van der Waals surface area contributed by atoms with Crippen molar-refractivity contribution in [2.75, 3.05) is 7.05 Å². The summed E-state index contributed by atoms with van der Waals surface area (Å²) in [5.41, 5.74) is 1.32. The molecule has 0 radical (unpaired) electrons. The van der Waals surface area contributed by atoms with Crippen molar-refractivity contribution in [3.63, 3.8) is 0 Å². The van der Waals surface area contributed by atoms with Crippen LogP contribution in [0.1, 0.15) is 24.3 Å². The van der Waals surface area contributed by atoms with Gasteiger partial charge >= 0.3 is 0 Å². The highest BCUT2D eigenvalue weighted by Gasteiger charge is 2.12. The maximum Gasteiger partial charge on any atom is 0.0409 e. The summed E-state index contributed by atoms with van der Waals surface area (Å²) < 4.78 is 1.15. The van der Waals surface area contributed by atoms with E-state index in [1.54, 1.807) is 0 Å². The molecule has 1 aromatic heterocycles. The Bertz CT molecular complexity index is 759.